The summed E-state index contributed by atoms with van der Waals surface area (Å²) in [6.07, 6.45) is 0. The molecular formula is C25H19N3O6S. The monoisotopic (exact) mass is 489 g/mol. The van der Waals surface area contributed by atoms with Gasteiger partial charge in [-0.05, 0) is 53.7 Å². The van der Waals surface area contributed by atoms with Gasteiger partial charge in [-0.3, -0.25) is 14.2 Å². The molecule has 35 heavy (non-hydrogen) atoms. The van der Waals surface area contributed by atoms with Gasteiger partial charge >= 0.3 is 0 Å². The predicted molar refractivity (Wildman–Crippen MR) is 129 cm³/mol. The molecule has 0 bridgehead atoms. The smallest absolute Gasteiger partial charge is 0.262 e. The molecule has 6 rings (SSSR count). The molecular weight excluding hydrogens is 470 g/mol. The first-order valence-electron chi connectivity index (χ1n) is 10.9. The summed E-state index contributed by atoms with van der Waals surface area (Å²) in [7, 11) is 0. The molecule has 1 aromatic heterocycles. The van der Waals surface area contributed by atoms with Gasteiger partial charge in [0.15, 0.2) is 27.8 Å². The van der Waals surface area contributed by atoms with Gasteiger partial charge in [0.1, 0.15) is 0 Å². The Morgan fingerprint density at radius 2 is 1.54 bits per heavy atom. The molecule has 2 aliphatic rings. The van der Waals surface area contributed by atoms with Crippen molar-refractivity contribution in [2.75, 3.05) is 13.6 Å². The first-order valence-corrected chi connectivity index (χ1v) is 11.3. The number of fused-ring (bicyclic) bond motifs is 3. The molecule has 9 nitrogen and oxygen atoms in total. The van der Waals surface area contributed by atoms with Crippen LogP contribution in [0.1, 0.15) is 21.5 Å². The van der Waals surface area contributed by atoms with Gasteiger partial charge in [-0.25, -0.2) is 0 Å². The zero-order chi connectivity index (χ0) is 23.9. The maximum Gasteiger partial charge on any atom is 0.262 e. The van der Waals surface area contributed by atoms with Crippen LogP contribution in [-0.4, -0.2) is 29.0 Å². The molecule has 2 N–H and O–H groups in total. The van der Waals surface area contributed by atoms with E-state index in [1.165, 1.54) is 4.57 Å². The predicted octanol–water partition coefficient (Wildman–Crippen LogP) is 3.49. The van der Waals surface area contributed by atoms with Gasteiger partial charge in [-0.2, -0.15) is 0 Å². The Bertz CT molecular complexity index is 1590. The van der Waals surface area contributed by atoms with Crippen molar-refractivity contribution in [3.8, 4) is 23.0 Å². The maximum absolute atomic E-state index is 13.1. The number of carbonyl (C=O) groups excluding carboxylic acids is 1. The van der Waals surface area contributed by atoms with Crippen molar-refractivity contribution >= 4 is 29.0 Å². The lowest BCUT2D eigenvalue weighted by molar-refractivity contribution is 0.0950. The van der Waals surface area contributed by atoms with E-state index in [1.807, 2.05) is 18.2 Å². The van der Waals surface area contributed by atoms with Crippen molar-refractivity contribution in [3.05, 3.63) is 86.4 Å². The lowest BCUT2D eigenvalue weighted by atomic mass is 10.1. The number of hydrogen-bond donors (Lipinski definition) is 2. The SMILES string of the molecule is O=C(NCc1ccc2c(c1)OCO2)c1ccc(Cn2c(=S)[nH]c3cc4c(cc3c2=O)OCO4)cc1. The van der Waals surface area contributed by atoms with Crippen LogP contribution in [0.2, 0.25) is 0 Å². The average Bonchev–Trinajstić information content (AvgIpc) is 3.53. The molecule has 176 valence electrons. The molecule has 4 aromatic rings. The minimum Gasteiger partial charge on any atom is -0.454 e. The molecule has 0 saturated heterocycles. The normalized spacial score (nSPS) is 13.3. The number of nitrogens with zero attached hydrogens (tertiary/aromatic N) is 1. The van der Waals surface area contributed by atoms with Crippen molar-refractivity contribution in [2.24, 2.45) is 0 Å². The quantitative estimate of drug-likeness (QED) is 0.414. The van der Waals surface area contributed by atoms with Gasteiger partial charge in [-0.15, -0.1) is 0 Å². The van der Waals surface area contributed by atoms with E-state index < -0.39 is 0 Å². The molecule has 2 aliphatic heterocycles. The zero-order valence-corrected chi connectivity index (χ0v) is 19.1. The van der Waals surface area contributed by atoms with Crippen molar-refractivity contribution in [1.82, 2.24) is 14.9 Å². The van der Waals surface area contributed by atoms with Gasteiger partial charge in [-0.1, -0.05) is 18.2 Å². The summed E-state index contributed by atoms with van der Waals surface area (Å²) in [5.41, 5.74) is 2.62. The molecule has 3 heterocycles. The Kier molecular flexibility index (Phi) is 5.14. The summed E-state index contributed by atoms with van der Waals surface area (Å²) >= 11 is 5.43. The molecule has 0 fully saturated rings. The van der Waals surface area contributed by atoms with Crippen molar-refractivity contribution < 1.29 is 23.7 Å². The van der Waals surface area contributed by atoms with E-state index >= 15 is 0 Å². The third-order valence-corrected chi connectivity index (χ3v) is 6.24. The van der Waals surface area contributed by atoms with E-state index in [-0.39, 0.29) is 31.6 Å². The van der Waals surface area contributed by atoms with E-state index in [9.17, 15) is 9.59 Å². The first kappa shape index (κ1) is 21.2. The van der Waals surface area contributed by atoms with Crippen LogP contribution in [-0.2, 0) is 13.1 Å². The third-order valence-electron chi connectivity index (χ3n) is 5.92. The second kappa shape index (κ2) is 8.48. The number of nitrogens with one attached hydrogen (secondary N) is 2. The number of carbonyl (C=O) groups is 1. The van der Waals surface area contributed by atoms with Crippen LogP contribution in [0.5, 0.6) is 23.0 Å². The van der Waals surface area contributed by atoms with Crippen LogP contribution in [0.15, 0.2) is 59.4 Å². The van der Waals surface area contributed by atoms with Crippen molar-refractivity contribution in [3.63, 3.8) is 0 Å². The summed E-state index contributed by atoms with van der Waals surface area (Å²) in [5.74, 6) is 2.28. The third kappa shape index (κ3) is 3.97. The fraction of sp³-hybridized carbons (Fsp3) is 0.160. The Balaban J connectivity index is 1.17. The molecule has 1 amide bonds. The first-order chi connectivity index (χ1) is 17.0. The minimum atomic E-state index is -0.229. The number of amides is 1. The number of aromatic amines is 1. The number of benzene rings is 3. The van der Waals surface area contributed by atoms with E-state index in [2.05, 4.69) is 10.3 Å². The molecule has 0 saturated carbocycles. The second-order valence-corrected chi connectivity index (χ2v) is 8.53. The highest BCUT2D eigenvalue weighted by atomic mass is 32.1. The fourth-order valence-electron chi connectivity index (χ4n) is 4.07. The lowest BCUT2D eigenvalue weighted by Gasteiger charge is -2.10. The van der Waals surface area contributed by atoms with Crippen LogP contribution in [0, 0.1) is 4.77 Å². The number of ether oxygens (including phenoxy) is 4. The molecule has 0 unspecified atom stereocenters. The van der Waals surface area contributed by atoms with Gasteiger partial charge in [0, 0.05) is 18.2 Å². The van der Waals surface area contributed by atoms with Crippen LogP contribution in [0.25, 0.3) is 10.9 Å². The van der Waals surface area contributed by atoms with Gasteiger partial charge < -0.3 is 29.2 Å². The molecule has 0 aliphatic carbocycles. The minimum absolute atomic E-state index is 0.122. The van der Waals surface area contributed by atoms with E-state index in [1.54, 1.807) is 36.4 Å². The topological polar surface area (TPSA) is 104 Å². The second-order valence-electron chi connectivity index (χ2n) is 8.14. The van der Waals surface area contributed by atoms with E-state index in [0.29, 0.717) is 50.8 Å². The Morgan fingerprint density at radius 1 is 0.886 bits per heavy atom. The van der Waals surface area contributed by atoms with Crippen molar-refractivity contribution in [2.45, 2.75) is 13.1 Å². The van der Waals surface area contributed by atoms with Gasteiger partial charge in [0.2, 0.25) is 13.6 Å². The van der Waals surface area contributed by atoms with E-state index in [4.69, 9.17) is 31.2 Å². The standard InChI is InChI=1S/C25H19N3O6S/c29-23(26-10-15-3-6-19-20(7-15)32-12-31-19)16-4-1-14(2-5-16)11-28-24(30)17-8-21-22(34-13-33-21)9-18(17)27-25(28)35/h1-9H,10-13H2,(H,26,29)(H,27,35). The fourth-order valence-corrected chi connectivity index (χ4v) is 4.32. The van der Waals surface area contributed by atoms with Crippen LogP contribution < -0.4 is 29.8 Å². The van der Waals surface area contributed by atoms with Gasteiger partial charge in [0.05, 0.1) is 17.4 Å². The zero-order valence-electron chi connectivity index (χ0n) is 18.3. The Morgan fingerprint density at radius 3 is 2.31 bits per heavy atom. The van der Waals surface area contributed by atoms with Crippen LogP contribution in [0.3, 0.4) is 0 Å². The molecule has 0 radical (unpaired) electrons. The van der Waals surface area contributed by atoms with Crippen molar-refractivity contribution in [1.29, 1.82) is 0 Å². The summed E-state index contributed by atoms with van der Waals surface area (Å²) in [6.45, 7) is 0.950. The van der Waals surface area contributed by atoms with Crippen LogP contribution >= 0.6 is 12.2 Å². The highest BCUT2D eigenvalue weighted by Crippen LogP contribution is 2.34. The number of rotatable bonds is 5. The molecule has 3 aromatic carbocycles. The Hall–Kier alpha value is -4.31. The van der Waals surface area contributed by atoms with E-state index in [0.717, 1.165) is 11.1 Å². The average molecular weight is 490 g/mol. The van der Waals surface area contributed by atoms with Crippen LogP contribution in [0.4, 0.5) is 0 Å². The summed E-state index contributed by atoms with van der Waals surface area (Å²) in [5, 5.41) is 3.36. The molecule has 0 spiro atoms. The number of H-pyrrole nitrogens is 1. The summed E-state index contributed by atoms with van der Waals surface area (Å²) in [4.78, 5) is 28.8. The number of aromatic nitrogens is 2. The summed E-state index contributed by atoms with van der Waals surface area (Å²) in [6, 6.07) is 16.0. The van der Waals surface area contributed by atoms with Gasteiger partial charge in [0.25, 0.3) is 11.5 Å². The number of hydrogen-bond acceptors (Lipinski definition) is 7. The lowest BCUT2D eigenvalue weighted by Crippen LogP contribution is -2.23. The largest absolute Gasteiger partial charge is 0.454 e. The molecule has 10 heteroatoms. The highest BCUT2D eigenvalue weighted by Gasteiger charge is 2.17. The highest BCUT2D eigenvalue weighted by molar-refractivity contribution is 7.71. The Labute approximate surface area is 203 Å². The summed E-state index contributed by atoms with van der Waals surface area (Å²) < 4.78 is 23.2. The molecule has 0 atom stereocenters. The maximum atomic E-state index is 13.1.